The van der Waals surface area contributed by atoms with Crippen LogP contribution in [0.25, 0.3) is 0 Å². The van der Waals surface area contributed by atoms with Crippen LogP contribution in [-0.2, 0) is 5.41 Å². The highest BCUT2D eigenvalue weighted by molar-refractivity contribution is 6.30. The molecule has 0 saturated heterocycles. The minimum atomic E-state index is -0.336. The van der Waals surface area contributed by atoms with Crippen LogP contribution >= 0.6 is 11.6 Å². The minimum Gasteiger partial charge on any atom is -0.293 e. The summed E-state index contributed by atoms with van der Waals surface area (Å²) in [6.45, 7) is 0. The highest BCUT2D eigenvalue weighted by atomic mass is 35.5. The van der Waals surface area contributed by atoms with E-state index >= 15 is 0 Å². The summed E-state index contributed by atoms with van der Waals surface area (Å²) in [7, 11) is 0. The number of rotatable bonds is 3. The predicted octanol–water partition coefficient (Wildman–Crippen LogP) is 5.99. The SMILES string of the molecule is O=C(c1ccccc1)C12c3ccccc3[C@H]3C[C@@H]1C2[C@H]3c1ccc(Cl)cc1. The molecule has 27 heavy (non-hydrogen) atoms. The van der Waals surface area contributed by atoms with E-state index in [1.54, 1.807) is 0 Å². The summed E-state index contributed by atoms with van der Waals surface area (Å²) in [5, 5.41) is 0.768. The number of carbonyl (C=O) groups is 1. The van der Waals surface area contributed by atoms with Crippen molar-refractivity contribution >= 4 is 17.4 Å². The number of carbonyl (C=O) groups excluding carboxylic acids is 1. The molecule has 6 rings (SSSR count). The minimum absolute atomic E-state index is 0.308. The zero-order valence-corrected chi connectivity index (χ0v) is 15.6. The van der Waals surface area contributed by atoms with E-state index in [1.807, 2.05) is 42.5 Å². The summed E-state index contributed by atoms with van der Waals surface area (Å²) in [6, 6.07) is 26.8. The summed E-state index contributed by atoms with van der Waals surface area (Å²) in [5.74, 6) is 2.11. The van der Waals surface area contributed by atoms with Gasteiger partial charge in [0.2, 0.25) is 0 Å². The molecule has 0 heterocycles. The first kappa shape index (κ1) is 15.7. The molecule has 3 aliphatic rings. The number of hydrogen-bond donors (Lipinski definition) is 0. The Morgan fingerprint density at radius 3 is 2.37 bits per heavy atom. The summed E-state index contributed by atoms with van der Waals surface area (Å²) >= 11 is 6.13. The lowest BCUT2D eigenvalue weighted by atomic mass is 9.63. The zero-order valence-electron chi connectivity index (χ0n) is 14.8. The number of Topliss-reactive ketones (excluding diaryl/α,β-unsaturated/α-hetero) is 1. The van der Waals surface area contributed by atoms with Gasteiger partial charge in [0.15, 0.2) is 5.78 Å². The van der Waals surface area contributed by atoms with Crippen molar-refractivity contribution in [2.45, 2.75) is 23.7 Å². The van der Waals surface area contributed by atoms with E-state index in [-0.39, 0.29) is 5.41 Å². The number of halogens is 1. The lowest BCUT2D eigenvalue weighted by Gasteiger charge is -2.39. The average molecular weight is 371 g/mol. The average Bonchev–Trinajstić information content (AvgIpc) is 3.26. The van der Waals surface area contributed by atoms with Crippen molar-refractivity contribution in [3.63, 3.8) is 0 Å². The quantitative estimate of drug-likeness (QED) is 0.517. The fourth-order valence-electron chi connectivity index (χ4n) is 6.32. The van der Waals surface area contributed by atoms with Gasteiger partial charge in [0, 0.05) is 10.6 Å². The van der Waals surface area contributed by atoms with Gasteiger partial charge >= 0.3 is 0 Å². The van der Waals surface area contributed by atoms with Gasteiger partial charge in [-0.2, -0.15) is 0 Å². The standard InChI is InChI=1S/C25H19ClO/c26-17-12-10-15(11-13-17)22-19-14-21-23(22)25(21,20-9-5-4-8-18(19)20)24(27)16-6-2-1-3-7-16/h1-13,19,21-23H,14H2/t19-,21-,22+,23?,25?/m1/s1. The smallest absolute Gasteiger partial charge is 0.173 e. The lowest BCUT2D eigenvalue weighted by Crippen LogP contribution is -2.36. The maximum absolute atomic E-state index is 13.8. The van der Waals surface area contributed by atoms with Gasteiger partial charge in [0.25, 0.3) is 0 Å². The topological polar surface area (TPSA) is 17.1 Å². The van der Waals surface area contributed by atoms with Crippen LogP contribution in [0.2, 0.25) is 5.02 Å². The Kier molecular flexibility index (Phi) is 3.09. The third-order valence-corrected chi connectivity index (χ3v) is 7.49. The van der Waals surface area contributed by atoms with Crippen LogP contribution in [0.15, 0.2) is 78.9 Å². The molecule has 2 saturated carbocycles. The maximum atomic E-state index is 13.8. The molecular weight excluding hydrogens is 352 g/mol. The maximum Gasteiger partial charge on any atom is 0.173 e. The first-order chi connectivity index (χ1) is 13.2. The molecule has 2 bridgehead atoms. The van der Waals surface area contributed by atoms with Gasteiger partial charge in [0.1, 0.15) is 0 Å². The molecule has 0 amide bonds. The van der Waals surface area contributed by atoms with Crippen LogP contribution in [0.4, 0.5) is 0 Å². The summed E-state index contributed by atoms with van der Waals surface area (Å²) in [4.78, 5) is 13.8. The van der Waals surface area contributed by atoms with Gasteiger partial charge in [-0.3, -0.25) is 4.79 Å². The zero-order chi connectivity index (χ0) is 18.2. The second-order valence-corrected chi connectivity index (χ2v) is 8.64. The van der Waals surface area contributed by atoms with Crippen molar-refractivity contribution in [3.8, 4) is 0 Å². The van der Waals surface area contributed by atoms with Gasteiger partial charge in [-0.05, 0) is 58.9 Å². The number of hydrogen-bond acceptors (Lipinski definition) is 1. The molecule has 132 valence electrons. The Labute approximate surface area is 164 Å². The van der Waals surface area contributed by atoms with Crippen molar-refractivity contribution in [2.24, 2.45) is 11.8 Å². The first-order valence-electron chi connectivity index (χ1n) is 9.67. The first-order valence-corrected chi connectivity index (χ1v) is 10.1. The molecule has 2 heteroatoms. The molecule has 0 N–H and O–H groups in total. The number of ketones is 1. The van der Waals surface area contributed by atoms with Crippen LogP contribution in [-0.4, -0.2) is 5.78 Å². The second kappa shape index (κ2) is 5.33. The monoisotopic (exact) mass is 370 g/mol. The fraction of sp³-hybridized carbons (Fsp3) is 0.240. The molecule has 0 spiro atoms. The largest absolute Gasteiger partial charge is 0.293 e. The summed E-state index contributed by atoms with van der Waals surface area (Å²) in [6.07, 6.45) is 1.12. The third kappa shape index (κ3) is 1.88. The molecule has 0 aliphatic heterocycles. The lowest BCUT2D eigenvalue weighted by molar-refractivity contribution is 0.0911. The van der Waals surface area contributed by atoms with Crippen molar-refractivity contribution in [1.82, 2.24) is 0 Å². The Balaban J connectivity index is 1.54. The molecular formula is C25H19ClO. The van der Waals surface area contributed by atoms with E-state index in [0.29, 0.717) is 29.5 Å². The molecule has 5 atom stereocenters. The molecule has 2 fully saturated rings. The molecule has 0 aromatic heterocycles. The molecule has 1 nitrogen and oxygen atoms in total. The number of benzene rings is 3. The normalized spacial score (nSPS) is 32.0. The molecule has 0 radical (unpaired) electrons. The molecule has 3 aromatic rings. The van der Waals surface area contributed by atoms with Gasteiger partial charge in [0.05, 0.1) is 5.41 Å². The van der Waals surface area contributed by atoms with E-state index in [2.05, 4.69) is 36.4 Å². The predicted molar refractivity (Wildman–Crippen MR) is 107 cm³/mol. The molecule has 3 aromatic carbocycles. The molecule has 2 unspecified atom stereocenters. The second-order valence-electron chi connectivity index (χ2n) is 8.20. The Bertz CT molecular complexity index is 1060. The van der Waals surface area contributed by atoms with Crippen molar-refractivity contribution < 1.29 is 4.79 Å². The Morgan fingerprint density at radius 1 is 0.889 bits per heavy atom. The van der Waals surface area contributed by atoms with Crippen molar-refractivity contribution in [3.05, 3.63) is 106 Å². The van der Waals surface area contributed by atoms with Gasteiger partial charge in [-0.1, -0.05) is 78.3 Å². The van der Waals surface area contributed by atoms with Crippen LogP contribution < -0.4 is 0 Å². The van der Waals surface area contributed by atoms with Gasteiger partial charge < -0.3 is 0 Å². The Morgan fingerprint density at radius 2 is 1.59 bits per heavy atom. The Hall–Kier alpha value is -2.38. The van der Waals surface area contributed by atoms with Gasteiger partial charge in [-0.15, -0.1) is 0 Å². The van der Waals surface area contributed by atoms with E-state index < -0.39 is 0 Å². The van der Waals surface area contributed by atoms with Crippen LogP contribution in [0.3, 0.4) is 0 Å². The molecule has 3 aliphatic carbocycles. The van der Waals surface area contributed by atoms with Crippen molar-refractivity contribution in [2.75, 3.05) is 0 Å². The highest BCUT2D eigenvalue weighted by Crippen LogP contribution is 2.80. The van der Waals surface area contributed by atoms with E-state index in [4.69, 9.17) is 11.6 Å². The summed E-state index contributed by atoms with van der Waals surface area (Å²) in [5.41, 5.74) is 4.50. The highest BCUT2D eigenvalue weighted by Gasteiger charge is 2.79. The van der Waals surface area contributed by atoms with Crippen LogP contribution in [0.5, 0.6) is 0 Å². The fourth-order valence-corrected chi connectivity index (χ4v) is 6.44. The van der Waals surface area contributed by atoms with Crippen molar-refractivity contribution in [1.29, 1.82) is 0 Å². The van der Waals surface area contributed by atoms with E-state index in [9.17, 15) is 4.79 Å². The van der Waals surface area contributed by atoms with Crippen LogP contribution in [0, 0.1) is 11.8 Å². The van der Waals surface area contributed by atoms with E-state index in [1.165, 1.54) is 16.7 Å². The van der Waals surface area contributed by atoms with Gasteiger partial charge in [-0.25, -0.2) is 0 Å². The number of fused-ring (bicyclic) bond motifs is 5. The third-order valence-electron chi connectivity index (χ3n) is 7.24. The van der Waals surface area contributed by atoms with E-state index in [0.717, 1.165) is 17.0 Å². The summed E-state index contributed by atoms with van der Waals surface area (Å²) < 4.78 is 0. The van der Waals surface area contributed by atoms with Crippen LogP contribution in [0.1, 0.15) is 45.3 Å².